The second-order valence-electron chi connectivity index (χ2n) is 4.46. The van der Waals surface area contributed by atoms with Gasteiger partial charge >= 0.3 is 0 Å². The van der Waals surface area contributed by atoms with Crippen molar-refractivity contribution in [3.8, 4) is 0 Å². The number of aryl methyl sites for hydroxylation is 2. The molecule has 3 aromatic carbocycles. The molecule has 0 spiro atoms. The Labute approximate surface area is 95.5 Å². The number of fused-ring (bicyclic) bond motifs is 3. The first-order chi connectivity index (χ1) is 7.75. The summed E-state index contributed by atoms with van der Waals surface area (Å²) in [7, 11) is 0. The van der Waals surface area contributed by atoms with E-state index in [0.29, 0.717) is 0 Å². The number of hydrogen-bond donors (Lipinski definition) is 0. The van der Waals surface area contributed by atoms with Gasteiger partial charge in [0.2, 0.25) is 0 Å². The van der Waals surface area contributed by atoms with E-state index < -0.39 is 0 Å². The van der Waals surface area contributed by atoms with Gasteiger partial charge in [-0.2, -0.15) is 0 Å². The maximum Gasteiger partial charge on any atom is -0.0100 e. The van der Waals surface area contributed by atoms with Gasteiger partial charge in [0.1, 0.15) is 0 Å². The summed E-state index contributed by atoms with van der Waals surface area (Å²) in [6.45, 7) is 4.35. The normalized spacial score (nSPS) is 11.1. The van der Waals surface area contributed by atoms with Gasteiger partial charge in [0.05, 0.1) is 0 Å². The van der Waals surface area contributed by atoms with E-state index in [-0.39, 0.29) is 0 Å². The third kappa shape index (κ3) is 1.30. The van der Waals surface area contributed by atoms with Crippen LogP contribution in [0.5, 0.6) is 0 Å². The van der Waals surface area contributed by atoms with Crippen LogP contribution in [0, 0.1) is 13.8 Å². The van der Waals surface area contributed by atoms with Crippen LogP contribution in [-0.2, 0) is 0 Å². The van der Waals surface area contributed by atoms with Crippen molar-refractivity contribution in [1.29, 1.82) is 0 Å². The molecule has 0 heteroatoms. The van der Waals surface area contributed by atoms with Crippen LogP contribution in [0.2, 0.25) is 0 Å². The fourth-order valence-corrected chi connectivity index (χ4v) is 2.48. The lowest BCUT2D eigenvalue weighted by Gasteiger charge is -2.07. The van der Waals surface area contributed by atoms with Crippen LogP contribution in [-0.4, -0.2) is 0 Å². The molecule has 0 fully saturated rings. The predicted molar refractivity (Wildman–Crippen MR) is 70.9 cm³/mol. The Morgan fingerprint density at radius 3 is 2.38 bits per heavy atom. The molecule has 0 heterocycles. The summed E-state index contributed by atoms with van der Waals surface area (Å²) in [5.41, 5.74) is 2.70. The molecule has 0 saturated heterocycles. The van der Waals surface area contributed by atoms with Crippen LogP contribution >= 0.6 is 0 Å². The zero-order valence-corrected chi connectivity index (χ0v) is 9.62. The summed E-state index contributed by atoms with van der Waals surface area (Å²) >= 11 is 0. The largest absolute Gasteiger partial charge is 0.0616 e. The van der Waals surface area contributed by atoms with Crippen LogP contribution in [0.1, 0.15) is 11.1 Å². The van der Waals surface area contributed by atoms with Crippen molar-refractivity contribution in [2.24, 2.45) is 0 Å². The molecule has 0 amide bonds. The van der Waals surface area contributed by atoms with Gasteiger partial charge in [0, 0.05) is 0 Å². The van der Waals surface area contributed by atoms with E-state index in [9.17, 15) is 0 Å². The molecular formula is C16H14. The molecule has 3 aromatic rings. The van der Waals surface area contributed by atoms with Crippen molar-refractivity contribution in [3.05, 3.63) is 59.7 Å². The van der Waals surface area contributed by atoms with Gasteiger partial charge in [0.25, 0.3) is 0 Å². The maximum atomic E-state index is 2.28. The predicted octanol–water partition coefficient (Wildman–Crippen LogP) is 4.61. The van der Waals surface area contributed by atoms with Gasteiger partial charge in [-0.1, -0.05) is 54.1 Å². The van der Waals surface area contributed by atoms with Crippen molar-refractivity contribution < 1.29 is 0 Å². The summed E-state index contributed by atoms with van der Waals surface area (Å²) in [5.74, 6) is 0. The molecule has 0 unspecified atom stereocenters. The highest BCUT2D eigenvalue weighted by Crippen LogP contribution is 2.28. The van der Waals surface area contributed by atoms with Crippen molar-refractivity contribution >= 4 is 21.5 Å². The second kappa shape index (κ2) is 3.34. The zero-order chi connectivity index (χ0) is 11.1. The monoisotopic (exact) mass is 206 g/mol. The Hall–Kier alpha value is -1.82. The van der Waals surface area contributed by atoms with E-state index >= 15 is 0 Å². The van der Waals surface area contributed by atoms with Crippen LogP contribution in [0.25, 0.3) is 21.5 Å². The molecule has 0 saturated carbocycles. The second-order valence-corrected chi connectivity index (χ2v) is 4.46. The smallest absolute Gasteiger partial charge is 0.0100 e. The van der Waals surface area contributed by atoms with Gasteiger partial charge in [-0.25, -0.2) is 0 Å². The number of hydrogen-bond acceptors (Lipinski definition) is 0. The van der Waals surface area contributed by atoms with Crippen molar-refractivity contribution in [2.45, 2.75) is 13.8 Å². The van der Waals surface area contributed by atoms with Crippen molar-refractivity contribution in [1.82, 2.24) is 0 Å². The Morgan fingerprint density at radius 1 is 0.688 bits per heavy atom. The minimum absolute atomic E-state index is 1.32. The summed E-state index contributed by atoms with van der Waals surface area (Å²) in [4.78, 5) is 0. The maximum absolute atomic E-state index is 2.28. The lowest BCUT2D eigenvalue weighted by molar-refractivity contribution is 1.43. The summed E-state index contributed by atoms with van der Waals surface area (Å²) in [6.07, 6.45) is 0. The van der Waals surface area contributed by atoms with Gasteiger partial charge in [-0.15, -0.1) is 0 Å². The molecule has 0 nitrogen and oxygen atoms in total. The molecule has 78 valence electrons. The minimum atomic E-state index is 1.32. The minimum Gasteiger partial charge on any atom is -0.0616 e. The van der Waals surface area contributed by atoms with Crippen LogP contribution in [0.15, 0.2) is 48.5 Å². The van der Waals surface area contributed by atoms with E-state index in [1.54, 1.807) is 0 Å². The standard InChI is InChI=1S/C16H14/c1-11-9-12(2)14-8-7-13-5-3-4-6-15(13)16(14)10-11/h3-10H,1-2H3. The number of benzene rings is 3. The van der Waals surface area contributed by atoms with Gasteiger partial charge in [0.15, 0.2) is 0 Å². The first-order valence-electron chi connectivity index (χ1n) is 5.64. The topological polar surface area (TPSA) is 0 Å². The molecule has 0 aliphatic rings. The van der Waals surface area contributed by atoms with Crippen molar-refractivity contribution in [2.75, 3.05) is 0 Å². The highest BCUT2D eigenvalue weighted by molar-refractivity contribution is 6.08. The molecule has 0 radical (unpaired) electrons. The number of rotatable bonds is 0. The summed E-state index contributed by atoms with van der Waals surface area (Å²) in [6, 6.07) is 17.5. The Balaban J connectivity index is 2.59. The van der Waals surface area contributed by atoms with Gasteiger partial charge in [-0.05, 0) is 41.0 Å². The highest BCUT2D eigenvalue weighted by atomic mass is 14.1. The van der Waals surface area contributed by atoms with E-state index in [2.05, 4.69) is 62.4 Å². The lowest BCUT2D eigenvalue weighted by atomic mass is 9.97. The zero-order valence-electron chi connectivity index (χ0n) is 9.62. The summed E-state index contributed by atoms with van der Waals surface area (Å²) < 4.78 is 0. The summed E-state index contributed by atoms with van der Waals surface area (Å²) in [5, 5.41) is 5.41. The van der Waals surface area contributed by atoms with Crippen molar-refractivity contribution in [3.63, 3.8) is 0 Å². The van der Waals surface area contributed by atoms with Crippen LogP contribution in [0.4, 0.5) is 0 Å². The Bertz CT molecular complexity index is 678. The average molecular weight is 206 g/mol. The third-order valence-electron chi connectivity index (χ3n) is 3.21. The average Bonchev–Trinajstić information content (AvgIpc) is 2.28. The molecule has 0 aliphatic heterocycles. The third-order valence-corrected chi connectivity index (χ3v) is 3.21. The van der Waals surface area contributed by atoms with E-state index in [0.717, 1.165) is 0 Å². The Morgan fingerprint density at radius 2 is 1.50 bits per heavy atom. The van der Waals surface area contributed by atoms with E-state index in [4.69, 9.17) is 0 Å². The lowest BCUT2D eigenvalue weighted by Crippen LogP contribution is -1.83. The molecule has 0 bridgehead atoms. The van der Waals surface area contributed by atoms with Crippen LogP contribution in [0.3, 0.4) is 0 Å². The van der Waals surface area contributed by atoms with E-state index in [1.807, 2.05) is 0 Å². The van der Waals surface area contributed by atoms with Gasteiger partial charge < -0.3 is 0 Å². The quantitative estimate of drug-likeness (QED) is 0.471. The SMILES string of the molecule is Cc1cc(C)c2ccc3ccccc3c2c1. The fourth-order valence-electron chi connectivity index (χ4n) is 2.48. The molecule has 0 aromatic heterocycles. The first kappa shape index (κ1) is 9.41. The van der Waals surface area contributed by atoms with E-state index in [1.165, 1.54) is 32.7 Å². The molecule has 16 heavy (non-hydrogen) atoms. The molecular weight excluding hydrogens is 192 g/mol. The molecule has 0 N–H and O–H groups in total. The molecule has 0 aliphatic carbocycles. The Kier molecular flexibility index (Phi) is 1.97. The molecule has 3 rings (SSSR count). The highest BCUT2D eigenvalue weighted by Gasteiger charge is 2.02. The molecule has 0 atom stereocenters. The fraction of sp³-hybridized carbons (Fsp3) is 0.125. The first-order valence-corrected chi connectivity index (χ1v) is 5.64. The van der Waals surface area contributed by atoms with Crippen LogP contribution < -0.4 is 0 Å². The van der Waals surface area contributed by atoms with Gasteiger partial charge in [-0.3, -0.25) is 0 Å².